The van der Waals surface area contributed by atoms with Crippen LogP contribution in [0.1, 0.15) is 24.0 Å². The standard InChI is InChI=1S/C22H27ClN2O3S2/c23-21-8-6-19(7-9-21)17-30(27,28)25-13-10-20(11-14-25)22(26)24-12-15-29-16-18-4-2-1-3-5-18/h1-9,20H,10-17H2,(H,24,26). The lowest BCUT2D eigenvalue weighted by Gasteiger charge is -2.30. The number of nitrogens with zero attached hydrogens (tertiary/aromatic N) is 1. The maximum atomic E-state index is 12.7. The minimum atomic E-state index is -3.39. The normalized spacial score (nSPS) is 15.8. The van der Waals surface area contributed by atoms with E-state index in [0.29, 0.717) is 43.1 Å². The first-order chi connectivity index (χ1) is 14.4. The average Bonchev–Trinajstić information content (AvgIpc) is 2.76. The maximum Gasteiger partial charge on any atom is 0.223 e. The lowest BCUT2D eigenvalue weighted by Crippen LogP contribution is -2.43. The molecule has 0 radical (unpaired) electrons. The molecule has 1 heterocycles. The number of thioether (sulfide) groups is 1. The number of rotatable bonds is 9. The van der Waals surface area contributed by atoms with Crippen molar-refractivity contribution in [2.75, 3.05) is 25.4 Å². The second-order valence-corrected chi connectivity index (χ2v) is 10.9. The highest BCUT2D eigenvalue weighted by molar-refractivity contribution is 7.98. The zero-order chi connectivity index (χ0) is 21.4. The van der Waals surface area contributed by atoms with Crippen molar-refractivity contribution in [1.82, 2.24) is 9.62 Å². The zero-order valence-electron chi connectivity index (χ0n) is 16.8. The number of benzene rings is 2. The molecule has 2 aromatic rings. The average molecular weight is 467 g/mol. The molecule has 1 amide bonds. The molecule has 2 aromatic carbocycles. The van der Waals surface area contributed by atoms with Crippen molar-refractivity contribution in [3.05, 3.63) is 70.7 Å². The predicted octanol–water partition coefficient (Wildman–Crippen LogP) is 3.93. The van der Waals surface area contributed by atoms with Crippen LogP contribution in [-0.2, 0) is 26.3 Å². The number of hydrogen-bond donors (Lipinski definition) is 1. The molecule has 0 unspecified atom stereocenters. The quantitative estimate of drug-likeness (QED) is 0.568. The van der Waals surface area contributed by atoms with Gasteiger partial charge in [-0.2, -0.15) is 11.8 Å². The monoisotopic (exact) mass is 466 g/mol. The van der Waals surface area contributed by atoms with Gasteiger partial charge in [0.25, 0.3) is 0 Å². The summed E-state index contributed by atoms with van der Waals surface area (Å²) in [6.07, 6.45) is 1.12. The fraction of sp³-hybridized carbons (Fsp3) is 0.409. The van der Waals surface area contributed by atoms with Crippen molar-refractivity contribution in [3.63, 3.8) is 0 Å². The van der Waals surface area contributed by atoms with E-state index in [-0.39, 0.29) is 17.6 Å². The summed E-state index contributed by atoms with van der Waals surface area (Å²) in [6.45, 7) is 1.40. The molecule has 1 N–H and O–H groups in total. The summed E-state index contributed by atoms with van der Waals surface area (Å²) in [6, 6.07) is 17.1. The number of carbonyl (C=O) groups is 1. The maximum absolute atomic E-state index is 12.7. The molecule has 0 atom stereocenters. The molecule has 0 bridgehead atoms. The predicted molar refractivity (Wildman–Crippen MR) is 124 cm³/mol. The van der Waals surface area contributed by atoms with Crippen LogP contribution in [0, 0.1) is 5.92 Å². The summed E-state index contributed by atoms with van der Waals surface area (Å²) in [7, 11) is -3.39. The number of sulfonamides is 1. The van der Waals surface area contributed by atoms with E-state index in [2.05, 4.69) is 17.4 Å². The summed E-state index contributed by atoms with van der Waals surface area (Å²) in [5, 5.41) is 3.58. The van der Waals surface area contributed by atoms with E-state index in [1.165, 1.54) is 9.87 Å². The van der Waals surface area contributed by atoms with E-state index in [9.17, 15) is 13.2 Å². The van der Waals surface area contributed by atoms with E-state index in [1.807, 2.05) is 18.2 Å². The van der Waals surface area contributed by atoms with Crippen LogP contribution in [0.25, 0.3) is 0 Å². The highest BCUT2D eigenvalue weighted by Gasteiger charge is 2.31. The Morgan fingerprint density at radius 2 is 1.70 bits per heavy atom. The van der Waals surface area contributed by atoms with Crippen LogP contribution in [0.4, 0.5) is 0 Å². The number of nitrogens with one attached hydrogen (secondary N) is 1. The Morgan fingerprint density at radius 3 is 2.37 bits per heavy atom. The summed E-state index contributed by atoms with van der Waals surface area (Å²) in [5.74, 6) is 1.66. The number of piperidine rings is 1. The molecule has 1 aliphatic rings. The van der Waals surface area contributed by atoms with Gasteiger partial charge < -0.3 is 5.32 Å². The van der Waals surface area contributed by atoms with Gasteiger partial charge in [0.15, 0.2) is 0 Å². The lowest BCUT2D eigenvalue weighted by molar-refractivity contribution is -0.125. The Labute approximate surface area is 188 Å². The van der Waals surface area contributed by atoms with Gasteiger partial charge in [0.1, 0.15) is 0 Å². The Kier molecular flexibility index (Phi) is 8.62. The molecular formula is C22H27ClN2O3S2. The second-order valence-electron chi connectivity index (χ2n) is 7.39. The SMILES string of the molecule is O=C(NCCSCc1ccccc1)C1CCN(S(=O)(=O)Cc2ccc(Cl)cc2)CC1. The van der Waals surface area contributed by atoms with Gasteiger partial charge in [0.05, 0.1) is 5.75 Å². The zero-order valence-corrected chi connectivity index (χ0v) is 19.2. The van der Waals surface area contributed by atoms with E-state index in [0.717, 1.165) is 11.5 Å². The first-order valence-electron chi connectivity index (χ1n) is 10.1. The molecule has 162 valence electrons. The number of carbonyl (C=O) groups excluding carboxylic acids is 1. The molecule has 30 heavy (non-hydrogen) atoms. The second kappa shape index (κ2) is 11.2. The van der Waals surface area contributed by atoms with Crippen molar-refractivity contribution in [2.24, 2.45) is 5.92 Å². The van der Waals surface area contributed by atoms with Crippen LogP contribution >= 0.6 is 23.4 Å². The van der Waals surface area contributed by atoms with Crippen molar-refractivity contribution >= 4 is 39.3 Å². The Balaban J connectivity index is 1.36. The van der Waals surface area contributed by atoms with Gasteiger partial charge in [-0.25, -0.2) is 12.7 Å². The molecule has 0 aliphatic carbocycles. The number of hydrogen-bond acceptors (Lipinski definition) is 4. The van der Waals surface area contributed by atoms with Crippen LogP contribution < -0.4 is 5.32 Å². The minimum Gasteiger partial charge on any atom is -0.355 e. The fourth-order valence-corrected chi connectivity index (χ4v) is 5.94. The number of amides is 1. The van der Waals surface area contributed by atoms with E-state index in [4.69, 9.17) is 11.6 Å². The third-order valence-electron chi connectivity index (χ3n) is 5.14. The molecule has 0 aromatic heterocycles. The first-order valence-corrected chi connectivity index (χ1v) is 13.2. The largest absolute Gasteiger partial charge is 0.355 e. The summed E-state index contributed by atoms with van der Waals surface area (Å²) in [5.41, 5.74) is 1.99. The molecule has 0 spiro atoms. The molecule has 5 nitrogen and oxygen atoms in total. The van der Waals surface area contributed by atoms with E-state index >= 15 is 0 Å². The third kappa shape index (κ3) is 7.01. The number of halogens is 1. The van der Waals surface area contributed by atoms with Crippen LogP contribution in [0.2, 0.25) is 5.02 Å². The van der Waals surface area contributed by atoms with Gasteiger partial charge in [0, 0.05) is 42.1 Å². The molecular weight excluding hydrogens is 440 g/mol. The molecule has 1 saturated heterocycles. The van der Waals surface area contributed by atoms with Crippen LogP contribution in [0.15, 0.2) is 54.6 Å². The highest BCUT2D eigenvalue weighted by atomic mass is 35.5. The van der Waals surface area contributed by atoms with Crippen LogP contribution in [-0.4, -0.2) is 44.0 Å². The van der Waals surface area contributed by atoms with Crippen LogP contribution in [0.5, 0.6) is 0 Å². The van der Waals surface area contributed by atoms with Crippen molar-refractivity contribution < 1.29 is 13.2 Å². The van der Waals surface area contributed by atoms with E-state index < -0.39 is 10.0 Å². The molecule has 1 fully saturated rings. The molecule has 0 saturated carbocycles. The van der Waals surface area contributed by atoms with Gasteiger partial charge in [-0.3, -0.25) is 4.79 Å². The molecule has 3 rings (SSSR count). The van der Waals surface area contributed by atoms with Crippen molar-refractivity contribution in [2.45, 2.75) is 24.3 Å². The van der Waals surface area contributed by atoms with Gasteiger partial charge in [-0.1, -0.05) is 54.1 Å². The summed E-state index contributed by atoms with van der Waals surface area (Å²) < 4.78 is 26.8. The first kappa shape index (κ1) is 23.1. The minimum absolute atomic E-state index is 0.0325. The van der Waals surface area contributed by atoms with Gasteiger partial charge in [0.2, 0.25) is 15.9 Å². The third-order valence-corrected chi connectivity index (χ3v) is 8.27. The summed E-state index contributed by atoms with van der Waals surface area (Å²) in [4.78, 5) is 12.4. The molecule has 1 aliphatic heterocycles. The topological polar surface area (TPSA) is 66.5 Å². The van der Waals surface area contributed by atoms with Crippen molar-refractivity contribution in [3.8, 4) is 0 Å². The lowest BCUT2D eigenvalue weighted by atomic mass is 9.97. The smallest absolute Gasteiger partial charge is 0.223 e. The van der Waals surface area contributed by atoms with Gasteiger partial charge in [-0.15, -0.1) is 0 Å². The van der Waals surface area contributed by atoms with E-state index in [1.54, 1.807) is 36.0 Å². The van der Waals surface area contributed by atoms with Gasteiger partial charge in [-0.05, 0) is 36.1 Å². The Hall–Kier alpha value is -1.54. The fourth-order valence-electron chi connectivity index (χ4n) is 3.43. The van der Waals surface area contributed by atoms with Gasteiger partial charge >= 0.3 is 0 Å². The van der Waals surface area contributed by atoms with Crippen LogP contribution in [0.3, 0.4) is 0 Å². The summed E-state index contributed by atoms with van der Waals surface area (Å²) >= 11 is 7.65. The van der Waals surface area contributed by atoms with Crippen molar-refractivity contribution in [1.29, 1.82) is 0 Å². The Bertz CT molecular complexity index is 913. The highest BCUT2D eigenvalue weighted by Crippen LogP contribution is 2.22. The Morgan fingerprint density at radius 1 is 1.03 bits per heavy atom. The molecule has 8 heteroatoms.